The quantitative estimate of drug-likeness (QED) is 0.451. The third-order valence-electron chi connectivity index (χ3n) is 3.87. The van der Waals surface area contributed by atoms with E-state index >= 15 is 0 Å². The molecule has 2 rings (SSSR count). The summed E-state index contributed by atoms with van der Waals surface area (Å²) in [6, 6.07) is 6.83. The highest BCUT2D eigenvalue weighted by atomic mass is 32.1. The minimum atomic E-state index is -0.189. The first kappa shape index (κ1) is 19.2. The van der Waals surface area contributed by atoms with E-state index in [4.69, 9.17) is 0 Å². The summed E-state index contributed by atoms with van der Waals surface area (Å²) < 4.78 is 13.7. The van der Waals surface area contributed by atoms with Crippen LogP contribution in [-0.4, -0.2) is 38.1 Å². The molecule has 0 fully saturated rings. The fourth-order valence-corrected chi connectivity index (χ4v) is 3.40. The number of aliphatic imine (C=N–C) groups is 1. The third kappa shape index (κ3) is 5.70. The number of thiazole rings is 1. The van der Waals surface area contributed by atoms with Crippen LogP contribution in [-0.2, 0) is 6.54 Å². The molecule has 0 radical (unpaired) electrons. The molecule has 1 aromatic heterocycles. The van der Waals surface area contributed by atoms with Crippen molar-refractivity contribution in [2.45, 2.75) is 26.8 Å². The molecule has 0 aliphatic rings. The fraction of sp³-hybridized carbons (Fsp3) is 0.444. The normalized spacial score (nSPS) is 11.5. The Morgan fingerprint density at radius 1 is 1.28 bits per heavy atom. The number of rotatable bonds is 7. The molecule has 1 aromatic carbocycles. The van der Waals surface area contributed by atoms with Crippen molar-refractivity contribution < 1.29 is 4.39 Å². The van der Waals surface area contributed by atoms with Crippen molar-refractivity contribution >= 4 is 23.0 Å². The van der Waals surface area contributed by atoms with Crippen molar-refractivity contribution in [3.63, 3.8) is 0 Å². The highest BCUT2D eigenvalue weighted by molar-refractivity contribution is 7.11. The number of hydrogen-bond donors (Lipinski definition) is 2. The highest BCUT2D eigenvalue weighted by Gasteiger charge is 2.07. The monoisotopic (exact) mass is 363 g/mol. The Morgan fingerprint density at radius 2 is 2.04 bits per heavy atom. The Hall–Kier alpha value is -2.15. The van der Waals surface area contributed by atoms with E-state index in [1.165, 1.54) is 10.9 Å². The Bertz CT molecular complexity index is 713. The van der Waals surface area contributed by atoms with Gasteiger partial charge < -0.3 is 15.5 Å². The molecule has 0 amide bonds. The highest BCUT2D eigenvalue weighted by Crippen LogP contribution is 2.17. The molecule has 7 heteroatoms. The van der Waals surface area contributed by atoms with Gasteiger partial charge in [-0.15, -0.1) is 11.3 Å². The van der Waals surface area contributed by atoms with Gasteiger partial charge in [-0.2, -0.15) is 0 Å². The molecule has 0 bridgehead atoms. The lowest BCUT2D eigenvalue weighted by atomic mass is 10.2. The van der Waals surface area contributed by atoms with E-state index in [9.17, 15) is 4.39 Å². The largest absolute Gasteiger partial charge is 0.372 e. The number of halogens is 1. The zero-order valence-electron chi connectivity index (χ0n) is 15.3. The van der Waals surface area contributed by atoms with E-state index in [0.717, 1.165) is 36.2 Å². The summed E-state index contributed by atoms with van der Waals surface area (Å²) in [5.74, 6) is 0.574. The summed E-state index contributed by atoms with van der Waals surface area (Å²) >= 11 is 1.70. The molecule has 2 N–H and O–H groups in total. The minimum absolute atomic E-state index is 0.189. The Labute approximate surface area is 153 Å². The van der Waals surface area contributed by atoms with Crippen molar-refractivity contribution in [3.8, 4) is 0 Å². The summed E-state index contributed by atoms with van der Waals surface area (Å²) in [5.41, 5.74) is 1.69. The first-order valence-corrected chi connectivity index (χ1v) is 9.16. The number of hydrogen-bond acceptors (Lipinski definition) is 4. The van der Waals surface area contributed by atoms with Gasteiger partial charge in [-0.05, 0) is 32.4 Å². The van der Waals surface area contributed by atoms with E-state index in [1.807, 2.05) is 31.9 Å². The maximum atomic E-state index is 13.7. The van der Waals surface area contributed by atoms with Gasteiger partial charge in [0.25, 0.3) is 0 Å². The number of nitrogens with zero attached hydrogens (tertiary/aromatic N) is 3. The van der Waals surface area contributed by atoms with Crippen molar-refractivity contribution in [3.05, 3.63) is 45.7 Å². The molecule has 0 aliphatic carbocycles. The molecule has 0 atom stereocenters. The van der Waals surface area contributed by atoms with Crippen LogP contribution < -0.4 is 15.5 Å². The SMILES string of the molecule is CN=C(NCCCN(C)c1ccccc1F)NCc1sc(C)nc1C. The van der Waals surface area contributed by atoms with Crippen LogP contribution in [0, 0.1) is 19.7 Å². The lowest BCUT2D eigenvalue weighted by molar-refractivity contribution is 0.619. The zero-order valence-corrected chi connectivity index (χ0v) is 16.1. The van der Waals surface area contributed by atoms with Crippen LogP contribution in [0.3, 0.4) is 0 Å². The van der Waals surface area contributed by atoms with E-state index in [1.54, 1.807) is 30.5 Å². The van der Waals surface area contributed by atoms with Gasteiger partial charge in [0.15, 0.2) is 5.96 Å². The van der Waals surface area contributed by atoms with Gasteiger partial charge in [0.05, 0.1) is 22.9 Å². The van der Waals surface area contributed by atoms with Gasteiger partial charge >= 0.3 is 0 Å². The summed E-state index contributed by atoms with van der Waals surface area (Å²) in [6.45, 7) is 6.28. The zero-order chi connectivity index (χ0) is 18.2. The summed E-state index contributed by atoms with van der Waals surface area (Å²) in [7, 11) is 3.66. The summed E-state index contributed by atoms with van der Waals surface area (Å²) in [5, 5.41) is 7.67. The number of aromatic nitrogens is 1. The Balaban J connectivity index is 1.72. The van der Waals surface area contributed by atoms with Crippen molar-refractivity contribution in [2.24, 2.45) is 4.99 Å². The van der Waals surface area contributed by atoms with Gasteiger partial charge in [-0.25, -0.2) is 9.37 Å². The molecule has 0 unspecified atom stereocenters. The second-order valence-corrected chi connectivity index (χ2v) is 7.11. The molecule has 0 saturated carbocycles. The van der Waals surface area contributed by atoms with Crippen molar-refractivity contribution in [2.75, 3.05) is 32.1 Å². The first-order chi connectivity index (χ1) is 12.0. The number of nitrogens with one attached hydrogen (secondary N) is 2. The predicted molar refractivity (Wildman–Crippen MR) is 104 cm³/mol. The molecular formula is C18H26FN5S. The van der Waals surface area contributed by atoms with E-state index < -0.39 is 0 Å². The van der Waals surface area contributed by atoms with E-state index in [-0.39, 0.29) is 5.82 Å². The summed E-state index contributed by atoms with van der Waals surface area (Å²) in [4.78, 5) is 11.8. The average Bonchev–Trinajstić information content (AvgIpc) is 2.92. The number of anilines is 1. The van der Waals surface area contributed by atoms with Gasteiger partial charge in [-0.3, -0.25) is 4.99 Å². The summed E-state index contributed by atoms with van der Waals surface area (Å²) in [6.07, 6.45) is 0.879. The molecule has 1 heterocycles. The van der Waals surface area contributed by atoms with E-state index in [0.29, 0.717) is 12.2 Å². The number of benzene rings is 1. The predicted octanol–water partition coefficient (Wildman–Crippen LogP) is 3.09. The lowest BCUT2D eigenvalue weighted by Gasteiger charge is -2.20. The van der Waals surface area contributed by atoms with Crippen LogP contribution in [0.4, 0.5) is 10.1 Å². The van der Waals surface area contributed by atoms with Gasteiger partial charge in [0, 0.05) is 32.1 Å². The van der Waals surface area contributed by atoms with Gasteiger partial charge in [0.2, 0.25) is 0 Å². The second-order valence-electron chi connectivity index (χ2n) is 5.82. The van der Waals surface area contributed by atoms with Crippen LogP contribution in [0.5, 0.6) is 0 Å². The molecule has 0 aliphatic heterocycles. The standard InChI is InChI=1S/C18H26FN5S/c1-13-17(25-14(2)23-13)12-22-18(20-3)21-10-7-11-24(4)16-9-6-5-8-15(16)19/h5-6,8-9H,7,10-12H2,1-4H3,(H2,20,21,22). The third-order valence-corrected chi connectivity index (χ3v) is 4.94. The van der Waals surface area contributed by atoms with Crippen LogP contribution >= 0.6 is 11.3 Å². The van der Waals surface area contributed by atoms with Crippen LogP contribution in [0.1, 0.15) is 22.0 Å². The number of guanidine groups is 1. The molecule has 0 spiro atoms. The topological polar surface area (TPSA) is 52.6 Å². The van der Waals surface area contributed by atoms with Gasteiger partial charge in [-0.1, -0.05) is 12.1 Å². The van der Waals surface area contributed by atoms with Crippen LogP contribution in [0.25, 0.3) is 0 Å². The smallest absolute Gasteiger partial charge is 0.191 e. The number of para-hydroxylation sites is 1. The van der Waals surface area contributed by atoms with Crippen molar-refractivity contribution in [1.82, 2.24) is 15.6 Å². The molecule has 2 aromatic rings. The molecule has 0 saturated heterocycles. The van der Waals surface area contributed by atoms with Crippen LogP contribution in [0.15, 0.2) is 29.3 Å². The molecule has 25 heavy (non-hydrogen) atoms. The molecular weight excluding hydrogens is 337 g/mol. The van der Waals surface area contributed by atoms with E-state index in [2.05, 4.69) is 20.6 Å². The maximum absolute atomic E-state index is 13.7. The molecule has 136 valence electrons. The second kappa shape index (κ2) is 9.36. The van der Waals surface area contributed by atoms with Gasteiger partial charge in [0.1, 0.15) is 5.82 Å². The minimum Gasteiger partial charge on any atom is -0.372 e. The lowest BCUT2D eigenvalue weighted by Crippen LogP contribution is -2.38. The fourth-order valence-electron chi connectivity index (χ4n) is 2.53. The van der Waals surface area contributed by atoms with Crippen molar-refractivity contribution in [1.29, 1.82) is 0 Å². The maximum Gasteiger partial charge on any atom is 0.191 e. The Morgan fingerprint density at radius 3 is 2.68 bits per heavy atom. The van der Waals surface area contributed by atoms with Crippen LogP contribution in [0.2, 0.25) is 0 Å². The number of aryl methyl sites for hydroxylation is 2. The Kier molecular flexibility index (Phi) is 7.18. The molecule has 5 nitrogen and oxygen atoms in total. The first-order valence-electron chi connectivity index (χ1n) is 8.34. The average molecular weight is 364 g/mol.